The summed E-state index contributed by atoms with van der Waals surface area (Å²) in [6, 6.07) is 0. The second-order valence-corrected chi connectivity index (χ2v) is 2.79. The van der Waals surface area contributed by atoms with Gasteiger partial charge in [0.1, 0.15) is 0 Å². The molecule has 2 heteroatoms. The third kappa shape index (κ3) is 1.43. The van der Waals surface area contributed by atoms with Crippen molar-refractivity contribution < 1.29 is 4.74 Å². The van der Waals surface area contributed by atoms with Crippen molar-refractivity contribution in [1.29, 1.82) is 0 Å². The molecule has 0 aliphatic carbocycles. The summed E-state index contributed by atoms with van der Waals surface area (Å²) >= 11 is 0. The minimum absolute atomic E-state index is 0.405. The Bertz CT molecular complexity index is 94.9. The van der Waals surface area contributed by atoms with Gasteiger partial charge in [0.2, 0.25) is 0 Å². The fraction of sp³-hybridized carbons (Fsp3) is 0.857. The molecule has 0 aromatic carbocycles. The van der Waals surface area contributed by atoms with Crippen LogP contribution in [0.15, 0.2) is 0 Å². The molecule has 0 saturated carbocycles. The van der Waals surface area contributed by atoms with E-state index >= 15 is 0 Å². The van der Waals surface area contributed by atoms with Crippen LogP contribution in [0, 0.1) is 13.0 Å². The van der Waals surface area contributed by atoms with Crippen LogP contribution in [0.4, 0.5) is 0 Å². The lowest BCUT2D eigenvalue weighted by Gasteiger charge is -2.15. The highest BCUT2D eigenvalue weighted by Gasteiger charge is 2.23. The molecule has 0 spiro atoms. The second kappa shape index (κ2) is 2.67. The van der Waals surface area contributed by atoms with Crippen LogP contribution in [0.3, 0.4) is 0 Å². The van der Waals surface area contributed by atoms with E-state index in [0.29, 0.717) is 12.0 Å². The van der Waals surface area contributed by atoms with Gasteiger partial charge >= 0.3 is 0 Å². The highest BCUT2D eigenvalue weighted by Crippen LogP contribution is 2.16. The molecule has 2 atom stereocenters. The van der Waals surface area contributed by atoms with Gasteiger partial charge in [-0.25, -0.2) is 0 Å². The zero-order chi connectivity index (χ0) is 6.85. The Labute approximate surface area is 56.8 Å². The lowest BCUT2D eigenvalue weighted by Crippen LogP contribution is -2.18. The topological polar surface area (TPSA) is 12.5 Å². The highest BCUT2D eigenvalue weighted by atomic mass is 16.5. The van der Waals surface area contributed by atoms with Gasteiger partial charge in [-0.15, -0.1) is 0 Å². The Morgan fingerprint density at radius 2 is 2.22 bits per heavy atom. The van der Waals surface area contributed by atoms with Crippen LogP contribution in [0.25, 0.3) is 0 Å². The summed E-state index contributed by atoms with van der Waals surface area (Å²) < 4.78 is 5.21. The van der Waals surface area contributed by atoms with E-state index in [2.05, 4.69) is 18.9 Å². The molecule has 1 heterocycles. The molecule has 0 N–H and O–H groups in total. The number of ether oxygens (including phenoxy) is 1. The van der Waals surface area contributed by atoms with Crippen LogP contribution in [0.1, 0.15) is 6.92 Å². The summed E-state index contributed by atoms with van der Waals surface area (Å²) in [6.07, 6.45) is 0.405. The minimum Gasteiger partial charge on any atom is -0.457 e. The smallest absolute Gasteiger partial charge is 0.0710 e. The van der Waals surface area contributed by atoms with E-state index in [4.69, 9.17) is 4.74 Å². The van der Waals surface area contributed by atoms with E-state index in [1.807, 2.05) is 0 Å². The summed E-state index contributed by atoms with van der Waals surface area (Å²) in [4.78, 5) is 2.05. The molecule has 1 rings (SSSR count). The zero-order valence-electron chi connectivity index (χ0n) is 6.13. The third-order valence-corrected chi connectivity index (χ3v) is 1.92. The summed E-state index contributed by atoms with van der Waals surface area (Å²) in [5.41, 5.74) is 0. The molecule has 1 saturated heterocycles. The molecular weight excluding hydrogens is 114 g/mol. The molecule has 54 valence electrons. The fourth-order valence-corrected chi connectivity index (χ4v) is 1.34. The molecule has 0 bridgehead atoms. The largest absolute Gasteiger partial charge is 0.457 e. The van der Waals surface area contributed by atoms with Gasteiger partial charge in [-0.2, -0.15) is 0 Å². The van der Waals surface area contributed by atoms with Crippen LogP contribution >= 0.6 is 0 Å². The van der Waals surface area contributed by atoms with Crippen molar-refractivity contribution in [3.05, 3.63) is 7.05 Å². The van der Waals surface area contributed by atoms with Gasteiger partial charge in [0.25, 0.3) is 0 Å². The maximum atomic E-state index is 5.21. The van der Waals surface area contributed by atoms with Gasteiger partial charge in [-0.05, 0) is 19.0 Å². The maximum Gasteiger partial charge on any atom is 0.0710 e. The Morgan fingerprint density at radius 1 is 1.56 bits per heavy atom. The lowest BCUT2D eigenvalue weighted by atomic mass is 10.1. The average Bonchev–Trinajstić information content (AvgIpc) is 2.10. The zero-order valence-corrected chi connectivity index (χ0v) is 6.13. The third-order valence-electron chi connectivity index (χ3n) is 1.92. The average molecular weight is 128 g/mol. The summed E-state index contributed by atoms with van der Waals surface area (Å²) in [5, 5.41) is 0. The van der Waals surface area contributed by atoms with Crippen LogP contribution in [-0.4, -0.2) is 31.2 Å². The monoisotopic (exact) mass is 128 g/mol. The van der Waals surface area contributed by atoms with E-state index in [0.717, 1.165) is 13.1 Å². The molecule has 2 nitrogen and oxygen atoms in total. The molecular formula is C7H14NO-. The summed E-state index contributed by atoms with van der Waals surface area (Å²) in [7, 11) is 5.60. The first kappa shape index (κ1) is 7.03. The van der Waals surface area contributed by atoms with Gasteiger partial charge in [0, 0.05) is 7.11 Å². The van der Waals surface area contributed by atoms with Crippen LogP contribution in [-0.2, 0) is 4.74 Å². The van der Waals surface area contributed by atoms with Crippen molar-refractivity contribution in [2.75, 3.05) is 20.2 Å². The fourth-order valence-electron chi connectivity index (χ4n) is 1.34. The first-order valence-electron chi connectivity index (χ1n) is 3.32. The van der Waals surface area contributed by atoms with Crippen molar-refractivity contribution in [3.63, 3.8) is 0 Å². The molecule has 0 unspecified atom stereocenters. The molecule has 1 fully saturated rings. The molecule has 0 aromatic rings. The number of hydrogen-bond acceptors (Lipinski definition) is 2. The van der Waals surface area contributed by atoms with Crippen molar-refractivity contribution in [1.82, 2.24) is 4.90 Å². The van der Waals surface area contributed by atoms with E-state index in [1.165, 1.54) is 0 Å². The van der Waals surface area contributed by atoms with Crippen LogP contribution < -0.4 is 0 Å². The van der Waals surface area contributed by atoms with E-state index < -0.39 is 0 Å². The Morgan fingerprint density at radius 3 is 2.44 bits per heavy atom. The molecule has 1 aliphatic heterocycles. The minimum atomic E-state index is 0.405. The molecule has 0 amide bonds. The van der Waals surface area contributed by atoms with E-state index in [9.17, 15) is 0 Å². The predicted molar refractivity (Wildman–Crippen MR) is 36.9 cm³/mol. The molecule has 0 radical (unpaired) electrons. The van der Waals surface area contributed by atoms with E-state index in [-0.39, 0.29) is 0 Å². The number of hydrogen-bond donors (Lipinski definition) is 0. The normalized spacial score (nSPS) is 37.7. The number of likely N-dealkylation sites (tertiary alicyclic amines) is 1. The lowest BCUT2D eigenvalue weighted by molar-refractivity contribution is 0.0858. The van der Waals surface area contributed by atoms with Gasteiger partial charge in [-0.3, -0.25) is 7.05 Å². The predicted octanol–water partition coefficient (Wildman–Crippen LogP) is 0.745. The van der Waals surface area contributed by atoms with Gasteiger partial charge in [0.15, 0.2) is 0 Å². The van der Waals surface area contributed by atoms with Crippen LogP contribution in [0.5, 0.6) is 0 Å². The van der Waals surface area contributed by atoms with Crippen molar-refractivity contribution in [2.24, 2.45) is 5.92 Å². The first-order chi connectivity index (χ1) is 4.24. The number of nitrogens with zero attached hydrogens (tertiary/aromatic N) is 1. The van der Waals surface area contributed by atoms with Gasteiger partial charge in [0.05, 0.1) is 6.10 Å². The van der Waals surface area contributed by atoms with Crippen molar-refractivity contribution >= 4 is 0 Å². The Balaban J connectivity index is 2.38. The van der Waals surface area contributed by atoms with Gasteiger partial charge in [-0.1, -0.05) is 6.92 Å². The SMILES string of the molecule is [CH2-]N1C[C@@H](C)[C@H](OC)C1. The Kier molecular flexibility index (Phi) is 2.09. The quantitative estimate of drug-likeness (QED) is 0.483. The maximum absolute atomic E-state index is 5.21. The summed E-state index contributed by atoms with van der Waals surface area (Å²) in [6.45, 7) is 4.25. The Hall–Kier alpha value is -0.0800. The highest BCUT2D eigenvalue weighted by molar-refractivity contribution is 4.81. The van der Waals surface area contributed by atoms with Crippen molar-refractivity contribution in [3.8, 4) is 0 Å². The molecule has 1 aliphatic rings. The number of methoxy groups -OCH3 is 1. The molecule has 0 aromatic heterocycles. The van der Waals surface area contributed by atoms with Crippen molar-refractivity contribution in [2.45, 2.75) is 13.0 Å². The summed E-state index contributed by atoms with van der Waals surface area (Å²) in [5.74, 6) is 0.646. The van der Waals surface area contributed by atoms with E-state index in [1.54, 1.807) is 7.11 Å². The van der Waals surface area contributed by atoms with Crippen LogP contribution in [0.2, 0.25) is 0 Å². The first-order valence-corrected chi connectivity index (χ1v) is 3.32. The number of rotatable bonds is 1. The van der Waals surface area contributed by atoms with Gasteiger partial charge < -0.3 is 9.64 Å². The standard InChI is InChI=1S/C7H14NO/c1-6-4-8(2)5-7(6)9-3/h6-7H,2,4-5H2,1,3H3/q-1/t6-,7-/m1/s1. The molecule has 9 heavy (non-hydrogen) atoms. The second-order valence-electron chi connectivity index (χ2n) is 2.79.